The minimum atomic E-state index is -4.35. The highest BCUT2D eigenvalue weighted by Crippen LogP contribution is 2.30. The minimum absolute atomic E-state index is 0.322. The maximum Gasteiger partial charge on any atom is 0.416 e. The third-order valence-corrected chi connectivity index (χ3v) is 2.43. The molecule has 19 heavy (non-hydrogen) atoms. The zero-order chi connectivity index (χ0) is 13.9. The fourth-order valence-electron chi connectivity index (χ4n) is 1.49. The number of alkyl halides is 3. The van der Waals surface area contributed by atoms with Crippen molar-refractivity contribution in [2.45, 2.75) is 6.18 Å². The van der Waals surface area contributed by atoms with Crippen molar-refractivity contribution in [3.8, 4) is 6.07 Å². The third kappa shape index (κ3) is 3.01. The molecule has 0 bridgehead atoms. The van der Waals surface area contributed by atoms with Gasteiger partial charge in [0.05, 0.1) is 16.8 Å². The van der Waals surface area contributed by atoms with Crippen molar-refractivity contribution in [1.82, 2.24) is 4.98 Å². The fourth-order valence-corrected chi connectivity index (χ4v) is 1.49. The molecule has 2 aromatic rings. The summed E-state index contributed by atoms with van der Waals surface area (Å²) in [5, 5.41) is 11.7. The molecule has 0 radical (unpaired) electrons. The monoisotopic (exact) mass is 263 g/mol. The van der Waals surface area contributed by atoms with Crippen molar-refractivity contribution in [3.63, 3.8) is 0 Å². The van der Waals surface area contributed by atoms with E-state index in [1.807, 2.05) is 6.07 Å². The highest BCUT2D eigenvalue weighted by atomic mass is 19.4. The molecule has 2 rings (SSSR count). The number of aromatic nitrogens is 1. The lowest BCUT2D eigenvalue weighted by molar-refractivity contribution is -0.137. The van der Waals surface area contributed by atoms with Crippen LogP contribution in [0.1, 0.15) is 11.1 Å². The number of hydrogen-bond donors (Lipinski definition) is 1. The standard InChI is InChI=1S/C13H8F3N3/c14-13(15,16)10-1-3-11(4-2-10)19-12-5-6-18-8-9(12)7-17/h1-6,8H,(H,18,19). The largest absolute Gasteiger partial charge is 0.416 e. The van der Waals surface area contributed by atoms with Gasteiger partial charge in [-0.25, -0.2) is 0 Å². The van der Waals surface area contributed by atoms with Gasteiger partial charge in [-0.1, -0.05) is 0 Å². The van der Waals surface area contributed by atoms with Crippen molar-refractivity contribution in [1.29, 1.82) is 5.26 Å². The molecule has 0 aliphatic rings. The normalized spacial score (nSPS) is 10.8. The molecular formula is C13H8F3N3. The smallest absolute Gasteiger partial charge is 0.354 e. The number of nitrogens with one attached hydrogen (secondary N) is 1. The molecule has 1 aromatic heterocycles. The Kier molecular flexibility index (Phi) is 3.38. The van der Waals surface area contributed by atoms with Crippen LogP contribution in [0, 0.1) is 11.3 Å². The van der Waals surface area contributed by atoms with Gasteiger partial charge in [0.15, 0.2) is 0 Å². The lowest BCUT2D eigenvalue weighted by Gasteiger charge is -2.10. The predicted octanol–water partition coefficient (Wildman–Crippen LogP) is 3.72. The number of nitriles is 1. The van der Waals surface area contributed by atoms with Crippen LogP contribution in [0.5, 0.6) is 0 Å². The van der Waals surface area contributed by atoms with E-state index in [1.54, 1.807) is 6.07 Å². The number of halogens is 3. The molecule has 0 fully saturated rings. The first kappa shape index (κ1) is 12.9. The molecule has 0 atom stereocenters. The van der Waals surface area contributed by atoms with Crippen LogP contribution < -0.4 is 5.32 Å². The summed E-state index contributed by atoms with van der Waals surface area (Å²) in [5.74, 6) is 0. The minimum Gasteiger partial charge on any atom is -0.354 e. The molecule has 0 unspecified atom stereocenters. The molecule has 0 aliphatic heterocycles. The van der Waals surface area contributed by atoms with E-state index in [0.717, 1.165) is 12.1 Å². The lowest BCUT2D eigenvalue weighted by Crippen LogP contribution is -2.04. The molecule has 1 aromatic carbocycles. The van der Waals surface area contributed by atoms with E-state index in [2.05, 4.69) is 10.3 Å². The average molecular weight is 263 g/mol. The van der Waals surface area contributed by atoms with Crippen molar-refractivity contribution in [3.05, 3.63) is 53.9 Å². The van der Waals surface area contributed by atoms with E-state index < -0.39 is 11.7 Å². The zero-order valence-corrected chi connectivity index (χ0v) is 9.57. The van der Waals surface area contributed by atoms with Gasteiger partial charge in [-0.2, -0.15) is 18.4 Å². The van der Waals surface area contributed by atoms with Crippen LogP contribution in [-0.2, 0) is 6.18 Å². The zero-order valence-electron chi connectivity index (χ0n) is 9.57. The SMILES string of the molecule is N#Cc1cnccc1Nc1ccc(C(F)(F)F)cc1. The number of benzene rings is 1. The number of nitrogens with zero attached hydrogens (tertiary/aromatic N) is 2. The Morgan fingerprint density at radius 1 is 1.11 bits per heavy atom. The Balaban J connectivity index is 2.23. The second-order valence-electron chi connectivity index (χ2n) is 3.73. The fraction of sp³-hybridized carbons (Fsp3) is 0.0769. The number of anilines is 2. The Hall–Kier alpha value is -2.55. The van der Waals surface area contributed by atoms with Crippen molar-refractivity contribution in [2.75, 3.05) is 5.32 Å². The van der Waals surface area contributed by atoms with E-state index in [1.165, 1.54) is 24.5 Å². The van der Waals surface area contributed by atoms with Crippen LogP contribution in [0.25, 0.3) is 0 Å². The van der Waals surface area contributed by atoms with Crippen LogP contribution in [-0.4, -0.2) is 4.98 Å². The molecule has 0 saturated heterocycles. The quantitative estimate of drug-likeness (QED) is 0.898. The van der Waals surface area contributed by atoms with Crippen molar-refractivity contribution < 1.29 is 13.2 Å². The van der Waals surface area contributed by atoms with Crippen LogP contribution in [0.2, 0.25) is 0 Å². The topological polar surface area (TPSA) is 48.7 Å². The highest BCUT2D eigenvalue weighted by Gasteiger charge is 2.29. The van der Waals surface area contributed by atoms with Gasteiger partial charge in [0.2, 0.25) is 0 Å². The van der Waals surface area contributed by atoms with Crippen LogP contribution in [0.3, 0.4) is 0 Å². The highest BCUT2D eigenvalue weighted by molar-refractivity contribution is 5.65. The molecule has 1 heterocycles. The first-order chi connectivity index (χ1) is 9.00. The predicted molar refractivity (Wildman–Crippen MR) is 63.7 cm³/mol. The number of rotatable bonds is 2. The Bertz CT molecular complexity index is 612. The van der Waals surface area contributed by atoms with Crippen LogP contribution in [0.4, 0.5) is 24.5 Å². The maximum atomic E-state index is 12.4. The van der Waals surface area contributed by atoms with Gasteiger partial charge in [-0.3, -0.25) is 4.98 Å². The maximum absolute atomic E-state index is 12.4. The second-order valence-corrected chi connectivity index (χ2v) is 3.73. The van der Waals surface area contributed by atoms with Crippen molar-refractivity contribution >= 4 is 11.4 Å². The molecule has 1 N–H and O–H groups in total. The van der Waals surface area contributed by atoms with Gasteiger partial charge < -0.3 is 5.32 Å². The van der Waals surface area contributed by atoms with Crippen LogP contribution in [0.15, 0.2) is 42.7 Å². The molecule has 96 valence electrons. The van der Waals surface area contributed by atoms with Crippen molar-refractivity contribution in [2.24, 2.45) is 0 Å². The Labute approximate surface area is 107 Å². The summed E-state index contributed by atoms with van der Waals surface area (Å²) in [6.45, 7) is 0. The van der Waals surface area contributed by atoms with E-state index >= 15 is 0 Å². The summed E-state index contributed by atoms with van der Waals surface area (Å²) in [4.78, 5) is 3.79. The summed E-state index contributed by atoms with van der Waals surface area (Å²) in [6.07, 6.45) is -1.48. The van der Waals surface area contributed by atoms with Gasteiger partial charge in [0, 0.05) is 18.1 Å². The van der Waals surface area contributed by atoms with E-state index in [0.29, 0.717) is 16.9 Å². The summed E-state index contributed by atoms with van der Waals surface area (Å²) in [5.41, 5.74) is 0.573. The molecule has 6 heteroatoms. The van der Waals surface area contributed by atoms with E-state index in [9.17, 15) is 13.2 Å². The third-order valence-electron chi connectivity index (χ3n) is 2.43. The Morgan fingerprint density at radius 2 is 1.79 bits per heavy atom. The summed E-state index contributed by atoms with van der Waals surface area (Å²) >= 11 is 0. The first-order valence-corrected chi connectivity index (χ1v) is 5.29. The van der Waals surface area contributed by atoms with Gasteiger partial charge in [0.25, 0.3) is 0 Å². The second kappa shape index (κ2) is 4.98. The summed E-state index contributed by atoms with van der Waals surface area (Å²) in [7, 11) is 0. The van der Waals surface area contributed by atoms with Gasteiger partial charge in [-0.05, 0) is 30.3 Å². The number of hydrogen-bond acceptors (Lipinski definition) is 3. The number of pyridine rings is 1. The van der Waals surface area contributed by atoms with E-state index in [-0.39, 0.29) is 0 Å². The first-order valence-electron chi connectivity index (χ1n) is 5.29. The molecule has 0 amide bonds. The lowest BCUT2D eigenvalue weighted by atomic mass is 10.2. The van der Waals surface area contributed by atoms with Crippen LogP contribution >= 0.6 is 0 Å². The molecule has 0 spiro atoms. The van der Waals surface area contributed by atoms with E-state index in [4.69, 9.17) is 5.26 Å². The van der Waals surface area contributed by atoms with Gasteiger partial charge >= 0.3 is 6.18 Å². The molecule has 0 aliphatic carbocycles. The average Bonchev–Trinajstić information content (AvgIpc) is 2.39. The summed E-state index contributed by atoms with van der Waals surface area (Å²) < 4.78 is 37.2. The Morgan fingerprint density at radius 3 is 2.37 bits per heavy atom. The molecule has 3 nitrogen and oxygen atoms in total. The van der Waals surface area contributed by atoms with Gasteiger partial charge in [-0.15, -0.1) is 0 Å². The van der Waals surface area contributed by atoms with Gasteiger partial charge in [0.1, 0.15) is 6.07 Å². The summed E-state index contributed by atoms with van der Waals surface area (Å²) in [6, 6.07) is 8.11. The molecular weight excluding hydrogens is 255 g/mol. The molecule has 0 saturated carbocycles.